The van der Waals surface area contributed by atoms with Gasteiger partial charge < -0.3 is 4.57 Å². The van der Waals surface area contributed by atoms with Crippen molar-refractivity contribution in [2.24, 2.45) is 0 Å². The highest BCUT2D eigenvalue weighted by atomic mass is 15.0. The molecule has 1 heterocycles. The van der Waals surface area contributed by atoms with Gasteiger partial charge in [0.05, 0.1) is 12.5 Å². The van der Waals surface area contributed by atoms with E-state index < -0.39 is 0 Å². The molecule has 3 nitrogen and oxygen atoms in total. The molecule has 10 heavy (non-hydrogen) atoms. The molecular formula is C7H9N3. The van der Waals surface area contributed by atoms with Gasteiger partial charge in [-0.15, -0.1) is 0 Å². The zero-order valence-electron chi connectivity index (χ0n) is 5.91. The number of nitriles is 1. The molecule has 0 aliphatic carbocycles. The number of imidazole rings is 1. The van der Waals surface area contributed by atoms with Crippen LogP contribution in [0.1, 0.15) is 12.7 Å². The van der Waals surface area contributed by atoms with Gasteiger partial charge in [-0.1, -0.05) is 0 Å². The Bertz CT molecular complexity index is 244. The van der Waals surface area contributed by atoms with Gasteiger partial charge in [0.2, 0.25) is 0 Å². The number of aromatic nitrogens is 2. The highest BCUT2D eigenvalue weighted by molar-refractivity contribution is 4.98. The Labute approximate surface area is 59.9 Å². The fourth-order valence-electron chi connectivity index (χ4n) is 0.866. The second-order valence-corrected chi connectivity index (χ2v) is 1.96. The van der Waals surface area contributed by atoms with Crippen molar-refractivity contribution in [2.75, 3.05) is 0 Å². The van der Waals surface area contributed by atoms with Gasteiger partial charge >= 0.3 is 0 Å². The third-order valence-electron chi connectivity index (χ3n) is 1.38. The van der Waals surface area contributed by atoms with E-state index in [1.54, 1.807) is 6.20 Å². The van der Waals surface area contributed by atoms with Crippen LogP contribution >= 0.6 is 0 Å². The third-order valence-corrected chi connectivity index (χ3v) is 1.38. The van der Waals surface area contributed by atoms with Crippen molar-refractivity contribution in [1.82, 2.24) is 9.55 Å². The molecular weight excluding hydrogens is 126 g/mol. The van der Waals surface area contributed by atoms with E-state index in [4.69, 9.17) is 5.26 Å². The Kier molecular flexibility index (Phi) is 2.06. The van der Waals surface area contributed by atoms with Crippen LogP contribution in [-0.4, -0.2) is 9.55 Å². The van der Waals surface area contributed by atoms with Crippen LogP contribution in [0.3, 0.4) is 0 Å². The molecule has 0 amide bonds. The summed E-state index contributed by atoms with van der Waals surface area (Å²) in [7, 11) is 0. The first kappa shape index (κ1) is 6.81. The van der Waals surface area contributed by atoms with Gasteiger partial charge in [-0.05, 0) is 6.92 Å². The summed E-state index contributed by atoms with van der Waals surface area (Å²) in [6, 6.07) is 2.06. The van der Waals surface area contributed by atoms with Gasteiger partial charge in [0, 0.05) is 18.9 Å². The Balaban J connectivity index is 2.82. The van der Waals surface area contributed by atoms with Crippen LogP contribution in [-0.2, 0) is 13.0 Å². The maximum absolute atomic E-state index is 8.35. The second kappa shape index (κ2) is 3.02. The fourth-order valence-corrected chi connectivity index (χ4v) is 0.866. The summed E-state index contributed by atoms with van der Waals surface area (Å²) < 4.78 is 1.96. The van der Waals surface area contributed by atoms with Crippen LogP contribution in [0.25, 0.3) is 0 Å². The lowest BCUT2D eigenvalue weighted by Crippen LogP contribution is -1.98. The van der Waals surface area contributed by atoms with Gasteiger partial charge in [-0.2, -0.15) is 5.26 Å². The first-order chi connectivity index (χ1) is 4.88. The van der Waals surface area contributed by atoms with Crippen LogP contribution in [0.15, 0.2) is 12.4 Å². The molecule has 0 fully saturated rings. The van der Waals surface area contributed by atoms with Crippen LogP contribution < -0.4 is 0 Å². The maximum atomic E-state index is 8.35. The summed E-state index contributed by atoms with van der Waals surface area (Å²) in [5.41, 5.74) is 0. The topological polar surface area (TPSA) is 41.6 Å². The van der Waals surface area contributed by atoms with Gasteiger partial charge in [0.1, 0.15) is 5.82 Å². The van der Waals surface area contributed by atoms with Crippen LogP contribution in [0.5, 0.6) is 0 Å². The average molecular weight is 135 g/mol. The summed E-state index contributed by atoms with van der Waals surface area (Å²) in [6.07, 6.45) is 4.00. The second-order valence-electron chi connectivity index (χ2n) is 1.96. The van der Waals surface area contributed by atoms with Gasteiger partial charge in [0.25, 0.3) is 0 Å². The number of hydrogen-bond donors (Lipinski definition) is 0. The van der Waals surface area contributed by atoms with E-state index in [2.05, 4.69) is 11.1 Å². The fraction of sp³-hybridized carbons (Fsp3) is 0.429. The van der Waals surface area contributed by atoms with E-state index in [1.165, 1.54) is 0 Å². The molecule has 0 saturated heterocycles. The van der Waals surface area contributed by atoms with E-state index in [1.807, 2.05) is 17.7 Å². The smallest absolute Gasteiger partial charge is 0.122 e. The molecule has 0 spiro atoms. The highest BCUT2D eigenvalue weighted by Gasteiger charge is 1.97. The van der Waals surface area contributed by atoms with Crippen molar-refractivity contribution in [2.45, 2.75) is 19.9 Å². The number of nitrogens with zero attached hydrogens (tertiary/aromatic N) is 3. The molecule has 0 atom stereocenters. The first-order valence-electron chi connectivity index (χ1n) is 3.25. The maximum Gasteiger partial charge on any atom is 0.122 e. The lowest BCUT2D eigenvalue weighted by Gasteiger charge is -1.97. The van der Waals surface area contributed by atoms with Crippen LogP contribution in [0.2, 0.25) is 0 Å². The molecule has 3 heteroatoms. The Hall–Kier alpha value is -1.30. The summed E-state index contributed by atoms with van der Waals surface area (Å²) in [5.74, 6) is 0.852. The summed E-state index contributed by atoms with van der Waals surface area (Å²) in [6.45, 7) is 2.92. The standard InChI is InChI=1S/C7H9N3/c1-2-10-6-5-9-7(10)3-4-8/h5-6H,2-3H2,1H3. The minimum atomic E-state index is 0.404. The SMILES string of the molecule is CCn1ccnc1CC#N. The molecule has 0 aromatic carbocycles. The summed E-state index contributed by atoms with van der Waals surface area (Å²) in [4.78, 5) is 4.02. The Morgan fingerprint density at radius 1 is 1.80 bits per heavy atom. The molecule has 0 N–H and O–H groups in total. The minimum absolute atomic E-state index is 0.404. The number of rotatable bonds is 2. The molecule has 0 aliphatic heterocycles. The van der Waals surface area contributed by atoms with Crippen molar-refractivity contribution >= 4 is 0 Å². The largest absolute Gasteiger partial charge is 0.334 e. The lowest BCUT2D eigenvalue weighted by molar-refractivity contribution is 0.717. The molecule has 52 valence electrons. The molecule has 0 bridgehead atoms. The number of aryl methyl sites for hydroxylation is 1. The predicted octanol–water partition coefficient (Wildman–Crippen LogP) is 0.969. The lowest BCUT2D eigenvalue weighted by atomic mass is 10.4. The first-order valence-corrected chi connectivity index (χ1v) is 3.25. The molecule has 0 radical (unpaired) electrons. The van der Waals surface area contributed by atoms with Crippen LogP contribution in [0.4, 0.5) is 0 Å². The molecule has 1 aromatic rings. The zero-order chi connectivity index (χ0) is 7.40. The molecule has 1 aromatic heterocycles. The summed E-state index contributed by atoms with van der Waals surface area (Å²) in [5, 5.41) is 8.35. The highest BCUT2D eigenvalue weighted by Crippen LogP contribution is 1.96. The van der Waals surface area contributed by atoms with Crippen molar-refractivity contribution in [3.05, 3.63) is 18.2 Å². The number of hydrogen-bond acceptors (Lipinski definition) is 2. The van der Waals surface area contributed by atoms with Crippen molar-refractivity contribution in [1.29, 1.82) is 5.26 Å². The molecule has 0 unspecified atom stereocenters. The molecule has 0 aliphatic rings. The monoisotopic (exact) mass is 135 g/mol. The Morgan fingerprint density at radius 2 is 2.60 bits per heavy atom. The van der Waals surface area contributed by atoms with Gasteiger partial charge in [-0.25, -0.2) is 4.98 Å². The van der Waals surface area contributed by atoms with Crippen molar-refractivity contribution in [3.8, 4) is 6.07 Å². The van der Waals surface area contributed by atoms with Crippen molar-refractivity contribution < 1.29 is 0 Å². The van der Waals surface area contributed by atoms with Gasteiger partial charge in [0.15, 0.2) is 0 Å². The average Bonchev–Trinajstić information content (AvgIpc) is 2.36. The van der Waals surface area contributed by atoms with E-state index in [-0.39, 0.29) is 0 Å². The summed E-state index contributed by atoms with van der Waals surface area (Å²) >= 11 is 0. The normalized spacial score (nSPS) is 9.20. The zero-order valence-corrected chi connectivity index (χ0v) is 5.91. The van der Waals surface area contributed by atoms with E-state index in [0.29, 0.717) is 6.42 Å². The molecule has 0 saturated carbocycles. The third kappa shape index (κ3) is 1.16. The van der Waals surface area contributed by atoms with E-state index in [9.17, 15) is 0 Å². The Morgan fingerprint density at radius 3 is 3.20 bits per heavy atom. The van der Waals surface area contributed by atoms with Gasteiger partial charge in [-0.3, -0.25) is 0 Å². The minimum Gasteiger partial charge on any atom is -0.334 e. The van der Waals surface area contributed by atoms with E-state index in [0.717, 1.165) is 12.4 Å². The van der Waals surface area contributed by atoms with E-state index >= 15 is 0 Å². The van der Waals surface area contributed by atoms with Crippen molar-refractivity contribution in [3.63, 3.8) is 0 Å². The van der Waals surface area contributed by atoms with Crippen LogP contribution in [0, 0.1) is 11.3 Å². The quantitative estimate of drug-likeness (QED) is 0.606. The molecule has 1 rings (SSSR count). The predicted molar refractivity (Wildman–Crippen MR) is 37.2 cm³/mol.